The molecular formula is C31H51NO11. The molecule has 0 radical (unpaired) electrons. The van der Waals surface area contributed by atoms with Gasteiger partial charge in [-0.2, -0.15) is 0 Å². The van der Waals surface area contributed by atoms with Crippen LogP contribution in [0.5, 0.6) is 0 Å². The van der Waals surface area contributed by atoms with Crippen LogP contribution in [0.4, 0.5) is 5.69 Å². The maximum absolute atomic E-state index is 12.1. The van der Waals surface area contributed by atoms with Crippen molar-refractivity contribution in [3.05, 3.63) is 42.0 Å². The van der Waals surface area contributed by atoms with E-state index in [1.54, 1.807) is 19.1 Å². The molecule has 0 aliphatic rings. The highest BCUT2D eigenvalue weighted by Crippen LogP contribution is 2.10. The van der Waals surface area contributed by atoms with Gasteiger partial charge in [-0.15, -0.1) is 0 Å². The number of hydrogen-bond acceptors (Lipinski definition) is 12. The molecule has 12 heteroatoms. The molecule has 1 aromatic carbocycles. The Bertz CT molecular complexity index is 836. The highest BCUT2D eigenvalue weighted by molar-refractivity contribution is 5.89. The van der Waals surface area contributed by atoms with Crippen LogP contribution in [-0.2, 0) is 47.4 Å². The molecule has 0 fully saturated rings. The Labute approximate surface area is 256 Å². The monoisotopic (exact) mass is 613 g/mol. The summed E-state index contributed by atoms with van der Waals surface area (Å²) in [6, 6.07) is 7.27. The van der Waals surface area contributed by atoms with Gasteiger partial charge >= 0.3 is 11.9 Å². The zero-order chi connectivity index (χ0) is 31.2. The van der Waals surface area contributed by atoms with Crippen molar-refractivity contribution in [1.29, 1.82) is 0 Å². The third kappa shape index (κ3) is 23.5. The van der Waals surface area contributed by atoms with Gasteiger partial charge in [0.1, 0.15) is 13.2 Å². The first-order chi connectivity index (χ1) is 21.0. The Morgan fingerprint density at radius 1 is 0.605 bits per heavy atom. The summed E-state index contributed by atoms with van der Waals surface area (Å²) in [6.07, 6.45) is 2.24. The lowest BCUT2D eigenvalue weighted by molar-refractivity contribution is -0.140. The minimum atomic E-state index is -0.416. The molecule has 0 saturated carbocycles. The van der Waals surface area contributed by atoms with E-state index in [0.29, 0.717) is 104 Å². The van der Waals surface area contributed by atoms with E-state index in [4.69, 9.17) is 42.6 Å². The van der Waals surface area contributed by atoms with Gasteiger partial charge in [0.05, 0.1) is 98.1 Å². The number of rotatable bonds is 30. The van der Waals surface area contributed by atoms with E-state index in [-0.39, 0.29) is 19.2 Å². The lowest BCUT2D eigenvalue weighted by atomic mass is 10.2. The van der Waals surface area contributed by atoms with E-state index in [0.717, 1.165) is 25.1 Å². The summed E-state index contributed by atoms with van der Waals surface area (Å²) < 4.78 is 48.0. The molecule has 1 N–H and O–H groups in total. The van der Waals surface area contributed by atoms with E-state index >= 15 is 0 Å². The molecule has 0 aromatic heterocycles. The molecule has 0 spiro atoms. The molecule has 0 amide bonds. The topological polar surface area (TPSA) is 129 Å². The second-order valence-electron chi connectivity index (χ2n) is 9.20. The van der Waals surface area contributed by atoms with Gasteiger partial charge in [-0.25, -0.2) is 9.59 Å². The van der Waals surface area contributed by atoms with Crippen LogP contribution in [0.3, 0.4) is 0 Å². The maximum atomic E-state index is 12.1. The van der Waals surface area contributed by atoms with Crippen molar-refractivity contribution in [2.24, 2.45) is 0 Å². The van der Waals surface area contributed by atoms with E-state index < -0.39 is 5.97 Å². The van der Waals surface area contributed by atoms with Crippen LogP contribution in [0.2, 0.25) is 0 Å². The lowest BCUT2D eigenvalue weighted by Gasteiger charge is -2.09. The van der Waals surface area contributed by atoms with E-state index in [9.17, 15) is 9.59 Å². The van der Waals surface area contributed by atoms with E-state index in [2.05, 4.69) is 18.8 Å². The Balaban J connectivity index is 1.75. The quantitative estimate of drug-likeness (QED) is 0.0777. The molecule has 0 aliphatic heterocycles. The van der Waals surface area contributed by atoms with Crippen LogP contribution in [0, 0.1) is 0 Å². The Hall–Kier alpha value is -2.58. The molecule has 12 nitrogen and oxygen atoms in total. The van der Waals surface area contributed by atoms with Gasteiger partial charge in [0, 0.05) is 17.8 Å². The highest BCUT2D eigenvalue weighted by Gasteiger charge is 2.07. The van der Waals surface area contributed by atoms with Crippen LogP contribution in [0.25, 0.3) is 0 Å². The zero-order valence-corrected chi connectivity index (χ0v) is 25.9. The van der Waals surface area contributed by atoms with Crippen molar-refractivity contribution >= 4 is 17.6 Å². The summed E-state index contributed by atoms with van der Waals surface area (Å²) in [7, 11) is 0. The number of carbonyl (C=O) groups excluding carboxylic acids is 2. The molecule has 0 heterocycles. The number of unbranched alkanes of at least 4 members (excludes halogenated alkanes) is 1. The summed E-state index contributed by atoms with van der Waals surface area (Å²) in [5, 5.41) is 3.31. The summed E-state index contributed by atoms with van der Waals surface area (Å²) in [6.45, 7) is 14.6. The molecule has 0 aliphatic carbocycles. The van der Waals surface area contributed by atoms with Gasteiger partial charge in [0.25, 0.3) is 0 Å². The lowest BCUT2D eigenvalue weighted by Crippen LogP contribution is -2.15. The zero-order valence-electron chi connectivity index (χ0n) is 25.9. The minimum Gasteiger partial charge on any atom is -0.460 e. The van der Waals surface area contributed by atoms with Crippen molar-refractivity contribution < 1.29 is 52.2 Å². The first-order valence-corrected chi connectivity index (χ1v) is 14.9. The van der Waals surface area contributed by atoms with Gasteiger partial charge in [0.15, 0.2) is 0 Å². The number of hydrogen-bond donors (Lipinski definition) is 1. The predicted molar refractivity (Wildman–Crippen MR) is 162 cm³/mol. The molecule has 43 heavy (non-hydrogen) atoms. The molecule has 1 rings (SSSR count). The standard InChI is InChI=1S/C31H51NO11/c1-4-5-10-32-29-8-6-28(7-9-29)31(34)43-26-24-41-22-20-39-18-16-37-14-12-35-11-13-36-15-17-38-19-21-40-23-25-42-30(33)27(2)3/h6-9,32H,2,4-5,10-26H2,1,3H3. The van der Waals surface area contributed by atoms with Crippen molar-refractivity contribution in [2.75, 3.05) is 118 Å². The van der Waals surface area contributed by atoms with Gasteiger partial charge in [0.2, 0.25) is 0 Å². The van der Waals surface area contributed by atoms with Gasteiger partial charge in [-0.05, 0) is 37.6 Å². The fourth-order valence-corrected chi connectivity index (χ4v) is 3.15. The molecule has 0 atom stereocenters. The number of benzene rings is 1. The second kappa shape index (κ2) is 28.2. The normalized spacial score (nSPS) is 10.9. The van der Waals surface area contributed by atoms with Gasteiger partial charge in [-0.1, -0.05) is 19.9 Å². The molecule has 0 unspecified atom stereocenters. The second-order valence-corrected chi connectivity index (χ2v) is 9.20. The molecule has 0 bridgehead atoms. The summed E-state index contributed by atoms with van der Waals surface area (Å²) in [5.74, 6) is -0.781. The number of ether oxygens (including phenoxy) is 9. The summed E-state index contributed by atoms with van der Waals surface area (Å²) in [5.41, 5.74) is 1.87. The first-order valence-electron chi connectivity index (χ1n) is 14.9. The van der Waals surface area contributed by atoms with Crippen LogP contribution in [-0.4, -0.2) is 124 Å². The first kappa shape index (κ1) is 38.4. The number of esters is 2. The largest absolute Gasteiger partial charge is 0.460 e. The summed E-state index contributed by atoms with van der Waals surface area (Å²) in [4.78, 5) is 23.3. The van der Waals surface area contributed by atoms with Crippen molar-refractivity contribution in [2.45, 2.75) is 26.7 Å². The number of nitrogens with one attached hydrogen (secondary N) is 1. The molecular weight excluding hydrogens is 562 g/mol. The molecule has 246 valence electrons. The SMILES string of the molecule is C=C(C)C(=O)OCCOCCOCCOCCOCCOCCOCCOCCOC(=O)c1ccc(NCCCC)cc1. The third-order valence-electron chi connectivity index (χ3n) is 5.48. The van der Waals surface area contributed by atoms with E-state index in [1.165, 1.54) is 0 Å². The highest BCUT2D eigenvalue weighted by atomic mass is 16.6. The van der Waals surface area contributed by atoms with Crippen LogP contribution in [0.1, 0.15) is 37.0 Å². The average molecular weight is 614 g/mol. The third-order valence-corrected chi connectivity index (χ3v) is 5.48. The predicted octanol–water partition coefficient (Wildman–Crippen LogP) is 3.29. The van der Waals surface area contributed by atoms with Crippen molar-refractivity contribution in [1.82, 2.24) is 0 Å². The number of anilines is 1. The Morgan fingerprint density at radius 2 is 0.977 bits per heavy atom. The summed E-state index contributed by atoms with van der Waals surface area (Å²) >= 11 is 0. The average Bonchev–Trinajstić information content (AvgIpc) is 3.01. The Kier molecular flexibility index (Phi) is 25.2. The fourth-order valence-electron chi connectivity index (χ4n) is 3.15. The van der Waals surface area contributed by atoms with Crippen molar-refractivity contribution in [3.8, 4) is 0 Å². The fraction of sp³-hybridized carbons (Fsp3) is 0.677. The van der Waals surface area contributed by atoms with Crippen molar-refractivity contribution in [3.63, 3.8) is 0 Å². The molecule has 0 saturated heterocycles. The smallest absolute Gasteiger partial charge is 0.338 e. The van der Waals surface area contributed by atoms with Gasteiger partial charge in [-0.3, -0.25) is 0 Å². The number of carbonyl (C=O) groups is 2. The molecule has 1 aromatic rings. The van der Waals surface area contributed by atoms with Crippen LogP contribution in [0.15, 0.2) is 36.4 Å². The maximum Gasteiger partial charge on any atom is 0.338 e. The van der Waals surface area contributed by atoms with E-state index in [1.807, 2.05) is 12.1 Å². The Morgan fingerprint density at radius 3 is 1.35 bits per heavy atom. The van der Waals surface area contributed by atoms with Crippen LogP contribution >= 0.6 is 0 Å². The minimum absolute atomic E-state index is 0.186. The van der Waals surface area contributed by atoms with Gasteiger partial charge < -0.3 is 47.9 Å². The van der Waals surface area contributed by atoms with Crippen LogP contribution < -0.4 is 5.32 Å².